The standard InChI is InChI=1S/C18H31N5O6/c1-10(2)8-12(18(28)29)22-16(26)11(5-6-14(20)24)21-17(27)13-4-3-7-23(13)15(25)9-19/h10-13H,3-9,19H2,1-2H3,(H2,20,24)(H,21,27)(H,22,26)(H,28,29). The number of nitrogens with zero attached hydrogens (tertiary/aromatic N) is 1. The SMILES string of the molecule is CC(C)CC(NC(=O)C(CCC(N)=O)NC(=O)C1CCCN1C(=O)CN)C(=O)O. The van der Waals surface area contributed by atoms with E-state index in [1.165, 1.54) is 4.90 Å². The molecule has 11 nitrogen and oxygen atoms in total. The van der Waals surface area contributed by atoms with Crippen LogP contribution in [0.2, 0.25) is 0 Å². The molecule has 1 rings (SSSR count). The average molecular weight is 413 g/mol. The first kappa shape index (κ1) is 24.3. The van der Waals surface area contributed by atoms with Crippen molar-refractivity contribution in [1.29, 1.82) is 0 Å². The zero-order chi connectivity index (χ0) is 22.1. The first-order valence-corrected chi connectivity index (χ1v) is 9.68. The van der Waals surface area contributed by atoms with Crippen molar-refractivity contribution >= 4 is 29.6 Å². The second-order valence-corrected chi connectivity index (χ2v) is 7.54. The first-order valence-electron chi connectivity index (χ1n) is 9.68. The Kier molecular flexibility index (Phi) is 9.53. The summed E-state index contributed by atoms with van der Waals surface area (Å²) in [7, 11) is 0. The molecule has 11 heteroatoms. The molecule has 1 aliphatic rings. The van der Waals surface area contributed by atoms with Gasteiger partial charge in [-0.15, -0.1) is 0 Å². The van der Waals surface area contributed by atoms with Crippen LogP contribution < -0.4 is 22.1 Å². The van der Waals surface area contributed by atoms with Crippen LogP contribution in [-0.4, -0.2) is 70.8 Å². The number of hydrogen-bond acceptors (Lipinski definition) is 6. The number of carboxylic acid groups (broad SMARTS) is 1. The molecule has 1 aliphatic heterocycles. The maximum Gasteiger partial charge on any atom is 0.326 e. The van der Waals surface area contributed by atoms with Crippen molar-refractivity contribution < 1.29 is 29.1 Å². The van der Waals surface area contributed by atoms with Crippen molar-refractivity contribution in [3.63, 3.8) is 0 Å². The molecule has 0 radical (unpaired) electrons. The van der Waals surface area contributed by atoms with E-state index < -0.39 is 41.8 Å². The Morgan fingerprint density at radius 1 is 1.14 bits per heavy atom. The van der Waals surface area contributed by atoms with Crippen LogP contribution in [0.15, 0.2) is 0 Å². The molecule has 1 heterocycles. The summed E-state index contributed by atoms with van der Waals surface area (Å²) in [6, 6.07) is -3.04. The van der Waals surface area contributed by atoms with Gasteiger partial charge in [0.2, 0.25) is 23.6 Å². The molecule has 1 saturated heterocycles. The van der Waals surface area contributed by atoms with Gasteiger partial charge in [-0.1, -0.05) is 13.8 Å². The van der Waals surface area contributed by atoms with Crippen LogP contribution >= 0.6 is 0 Å². The van der Waals surface area contributed by atoms with Crippen molar-refractivity contribution in [2.75, 3.05) is 13.1 Å². The summed E-state index contributed by atoms with van der Waals surface area (Å²) < 4.78 is 0. The van der Waals surface area contributed by atoms with E-state index in [0.29, 0.717) is 19.4 Å². The molecule has 0 spiro atoms. The van der Waals surface area contributed by atoms with Gasteiger partial charge in [0, 0.05) is 13.0 Å². The summed E-state index contributed by atoms with van der Waals surface area (Å²) in [5, 5.41) is 14.3. The fourth-order valence-electron chi connectivity index (χ4n) is 3.24. The van der Waals surface area contributed by atoms with E-state index in [1.54, 1.807) is 0 Å². The maximum atomic E-state index is 12.7. The third-order valence-corrected chi connectivity index (χ3v) is 4.68. The van der Waals surface area contributed by atoms with Gasteiger partial charge in [-0.25, -0.2) is 4.79 Å². The fraction of sp³-hybridized carbons (Fsp3) is 0.722. The fourth-order valence-corrected chi connectivity index (χ4v) is 3.24. The van der Waals surface area contributed by atoms with Crippen molar-refractivity contribution in [3.8, 4) is 0 Å². The number of hydrogen-bond donors (Lipinski definition) is 5. The lowest BCUT2D eigenvalue weighted by Gasteiger charge is -2.27. The minimum atomic E-state index is -1.19. The highest BCUT2D eigenvalue weighted by molar-refractivity contribution is 5.94. The van der Waals surface area contributed by atoms with Gasteiger partial charge >= 0.3 is 5.97 Å². The molecule has 0 aromatic heterocycles. The highest BCUT2D eigenvalue weighted by atomic mass is 16.4. The summed E-state index contributed by atoms with van der Waals surface area (Å²) in [6.07, 6.45) is 0.998. The number of primary amides is 1. The lowest BCUT2D eigenvalue weighted by Crippen LogP contribution is -2.56. The van der Waals surface area contributed by atoms with E-state index in [4.69, 9.17) is 11.5 Å². The average Bonchev–Trinajstić information content (AvgIpc) is 3.12. The zero-order valence-corrected chi connectivity index (χ0v) is 16.8. The van der Waals surface area contributed by atoms with Gasteiger partial charge in [-0.2, -0.15) is 0 Å². The molecule has 3 unspecified atom stereocenters. The number of nitrogens with two attached hydrogens (primary N) is 2. The second kappa shape index (κ2) is 11.3. The Hall–Kier alpha value is -2.69. The van der Waals surface area contributed by atoms with Gasteiger partial charge in [0.25, 0.3) is 0 Å². The molecular formula is C18H31N5O6. The molecular weight excluding hydrogens is 382 g/mol. The Morgan fingerprint density at radius 2 is 1.79 bits per heavy atom. The quantitative estimate of drug-likeness (QED) is 0.267. The topological polar surface area (TPSA) is 185 Å². The first-order chi connectivity index (χ1) is 13.6. The smallest absolute Gasteiger partial charge is 0.326 e. The van der Waals surface area contributed by atoms with Crippen LogP contribution in [0.3, 0.4) is 0 Å². The van der Waals surface area contributed by atoms with Gasteiger partial charge < -0.3 is 32.1 Å². The maximum absolute atomic E-state index is 12.7. The van der Waals surface area contributed by atoms with Crippen LogP contribution in [0.25, 0.3) is 0 Å². The van der Waals surface area contributed by atoms with E-state index >= 15 is 0 Å². The van der Waals surface area contributed by atoms with E-state index in [-0.39, 0.29) is 37.6 Å². The van der Waals surface area contributed by atoms with Crippen molar-refractivity contribution in [1.82, 2.24) is 15.5 Å². The summed E-state index contributed by atoms with van der Waals surface area (Å²) in [6.45, 7) is 3.79. The molecule has 0 aromatic rings. The number of aliphatic carboxylic acids is 1. The Morgan fingerprint density at radius 3 is 2.31 bits per heavy atom. The van der Waals surface area contributed by atoms with Crippen LogP contribution in [0.4, 0.5) is 0 Å². The highest BCUT2D eigenvalue weighted by Gasteiger charge is 2.36. The molecule has 0 aromatic carbocycles. The predicted molar refractivity (Wildman–Crippen MR) is 103 cm³/mol. The van der Waals surface area contributed by atoms with Crippen molar-refractivity contribution in [2.24, 2.45) is 17.4 Å². The molecule has 0 bridgehead atoms. The molecule has 1 fully saturated rings. The lowest BCUT2D eigenvalue weighted by atomic mass is 10.0. The molecule has 29 heavy (non-hydrogen) atoms. The summed E-state index contributed by atoms with van der Waals surface area (Å²) >= 11 is 0. The minimum absolute atomic E-state index is 0.0179. The van der Waals surface area contributed by atoms with Crippen molar-refractivity contribution in [2.45, 2.75) is 64.1 Å². The van der Waals surface area contributed by atoms with E-state index in [1.807, 2.05) is 13.8 Å². The third-order valence-electron chi connectivity index (χ3n) is 4.68. The minimum Gasteiger partial charge on any atom is -0.480 e. The van der Waals surface area contributed by atoms with E-state index in [2.05, 4.69) is 10.6 Å². The summed E-state index contributed by atoms with van der Waals surface area (Å²) in [4.78, 5) is 61.1. The second-order valence-electron chi connectivity index (χ2n) is 7.54. The Bertz CT molecular complexity index is 638. The van der Waals surface area contributed by atoms with Crippen LogP contribution in [0.5, 0.6) is 0 Å². The largest absolute Gasteiger partial charge is 0.480 e. The number of carbonyl (C=O) groups excluding carboxylic acids is 4. The number of nitrogens with one attached hydrogen (secondary N) is 2. The van der Waals surface area contributed by atoms with Gasteiger partial charge in [0.05, 0.1) is 6.54 Å². The molecule has 0 aliphatic carbocycles. The summed E-state index contributed by atoms with van der Waals surface area (Å²) in [5.41, 5.74) is 10.5. The Labute approximate surface area is 169 Å². The molecule has 4 amide bonds. The normalized spacial score (nSPS) is 18.2. The van der Waals surface area contributed by atoms with Gasteiger partial charge in [-0.05, 0) is 31.6 Å². The highest BCUT2D eigenvalue weighted by Crippen LogP contribution is 2.18. The number of carboxylic acids is 1. The number of carbonyl (C=O) groups is 5. The van der Waals surface area contributed by atoms with Crippen LogP contribution in [-0.2, 0) is 24.0 Å². The number of likely N-dealkylation sites (tertiary alicyclic amines) is 1. The summed E-state index contributed by atoms with van der Waals surface area (Å²) in [5.74, 6) is -3.47. The van der Waals surface area contributed by atoms with E-state index in [0.717, 1.165) is 0 Å². The molecule has 164 valence electrons. The molecule has 7 N–H and O–H groups in total. The van der Waals surface area contributed by atoms with Gasteiger partial charge in [-0.3, -0.25) is 19.2 Å². The number of amides is 4. The van der Waals surface area contributed by atoms with Crippen LogP contribution in [0, 0.1) is 5.92 Å². The van der Waals surface area contributed by atoms with Crippen LogP contribution in [0.1, 0.15) is 46.0 Å². The number of rotatable bonds is 11. The van der Waals surface area contributed by atoms with Crippen molar-refractivity contribution in [3.05, 3.63) is 0 Å². The van der Waals surface area contributed by atoms with E-state index in [9.17, 15) is 29.1 Å². The molecule has 0 saturated carbocycles. The third kappa shape index (κ3) is 7.68. The van der Waals surface area contributed by atoms with Gasteiger partial charge in [0.1, 0.15) is 18.1 Å². The van der Waals surface area contributed by atoms with Gasteiger partial charge in [0.15, 0.2) is 0 Å². The zero-order valence-electron chi connectivity index (χ0n) is 16.8. The monoisotopic (exact) mass is 413 g/mol. The predicted octanol–water partition coefficient (Wildman–Crippen LogP) is -1.70. The lowest BCUT2D eigenvalue weighted by molar-refractivity contribution is -0.143. The Balaban J connectivity index is 2.89. The molecule has 3 atom stereocenters.